The first-order chi connectivity index (χ1) is 11.7. The Kier molecular flexibility index (Phi) is 7.39. The summed E-state index contributed by atoms with van der Waals surface area (Å²) >= 11 is -1.72. The van der Waals surface area contributed by atoms with Gasteiger partial charge >= 0.3 is 0 Å². The van der Waals surface area contributed by atoms with E-state index in [-0.39, 0.29) is 0 Å². The molecule has 4 nitrogen and oxygen atoms in total. The van der Waals surface area contributed by atoms with Gasteiger partial charge in [0, 0.05) is 11.3 Å². The van der Waals surface area contributed by atoms with Gasteiger partial charge in [0.05, 0.1) is 6.61 Å². The fourth-order valence-electron chi connectivity index (χ4n) is 2.12. The van der Waals surface area contributed by atoms with E-state index in [2.05, 4.69) is 0 Å². The zero-order chi connectivity index (χ0) is 17.2. The van der Waals surface area contributed by atoms with Crippen molar-refractivity contribution in [2.45, 2.75) is 12.8 Å². The molecule has 0 aliphatic carbocycles. The summed E-state index contributed by atoms with van der Waals surface area (Å²) in [7, 11) is 0. The number of carbonyl (C=O) groups excluding carboxylic acids is 1. The highest BCUT2D eigenvalue weighted by molar-refractivity contribution is 7.79. The normalized spacial score (nSPS) is 12.2. The fourth-order valence-corrected chi connectivity index (χ4v) is 2.57. The van der Waals surface area contributed by atoms with Crippen LogP contribution in [0.3, 0.4) is 0 Å². The van der Waals surface area contributed by atoms with Gasteiger partial charge in [0.25, 0.3) is 0 Å². The van der Waals surface area contributed by atoms with Crippen molar-refractivity contribution in [1.82, 2.24) is 0 Å². The third-order valence-electron chi connectivity index (χ3n) is 3.38. The molecule has 5 heteroatoms. The Balaban J connectivity index is 1.84. The maximum absolute atomic E-state index is 10.8. The van der Waals surface area contributed by atoms with Gasteiger partial charge in [-0.3, -0.25) is 4.79 Å². The molecule has 0 aromatic heterocycles. The molecule has 2 aromatic carbocycles. The molecule has 2 rings (SSSR count). The second-order valence-corrected chi connectivity index (χ2v) is 6.32. The van der Waals surface area contributed by atoms with Gasteiger partial charge in [0.1, 0.15) is 12.0 Å². The van der Waals surface area contributed by atoms with Crippen molar-refractivity contribution in [3.05, 3.63) is 65.2 Å². The molecule has 0 aliphatic rings. The van der Waals surface area contributed by atoms with E-state index in [0.29, 0.717) is 24.3 Å². The van der Waals surface area contributed by atoms with E-state index in [4.69, 9.17) is 9.29 Å². The highest BCUT2D eigenvalue weighted by atomic mass is 32.2. The number of ether oxygens (including phenoxy) is 1. The van der Waals surface area contributed by atoms with Crippen molar-refractivity contribution in [1.29, 1.82) is 0 Å². The molecule has 1 N–H and O–H groups in total. The van der Waals surface area contributed by atoms with Crippen LogP contribution in [0.2, 0.25) is 0 Å². The monoisotopic (exact) mass is 344 g/mol. The van der Waals surface area contributed by atoms with Gasteiger partial charge in [-0.1, -0.05) is 42.5 Å². The Hall–Kier alpha value is -2.24. The number of hydrogen-bond acceptors (Lipinski definition) is 3. The van der Waals surface area contributed by atoms with E-state index < -0.39 is 11.1 Å². The minimum absolute atomic E-state index is 0.290. The van der Waals surface area contributed by atoms with Crippen molar-refractivity contribution in [3.63, 3.8) is 0 Å². The minimum atomic E-state index is -1.72. The third-order valence-corrected chi connectivity index (χ3v) is 4.02. The zero-order valence-corrected chi connectivity index (χ0v) is 14.1. The smallest absolute Gasteiger partial charge is 0.152 e. The summed E-state index contributed by atoms with van der Waals surface area (Å²) in [6, 6.07) is 15.1. The first-order valence-electron chi connectivity index (χ1n) is 7.71. The molecule has 0 spiro atoms. The molecule has 1 atom stereocenters. The average molecular weight is 344 g/mol. The predicted octanol–water partition coefficient (Wildman–Crippen LogP) is 4.05. The van der Waals surface area contributed by atoms with Crippen molar-refractivity contribution >= 4 is 29.5 Å². The van der Waals surface area contributed by atoms with E-state index in [1.54, 1.807) is 6.07 Å². The largest absolute Gasteiger partial charge is 0.494 e. The number of carbonyl (C=O) groups is 1. The van der Waals surface area contributed by atoms with E-state index in [9.17, 15) is 9.00 Å². The van der Waals surface area contributed by atoms with Gasteiger partial charge in [0.2, 0.25) is 0 Å². The van der Waals surface area contributed by atoms with Crippen LogP contribution in [0.25, 0.3) is 12.2 Å². The summed E-state index contributed by atoms with van der Waals surface area (Å²) in [4.78, 5) is 10.8. The quantitative estimate of drug-likeness (QED) is 0.323. The van der Waals surface area contributed by atoms with E-state index in [0.717, 1.165) is 29.6 Å². The summed E-state index contributed by atoms with van der Waals surface area (Å²) in [6.45, 7) is 0.533. The molecule has 1 unspecified atom stereocenters. The van der Waals surface area contributed by atoms with Crippen LogP contribution >= 0.6 is 0 Å². The predicted molar refractivity (Wildman–Crippen MR) is 97.6 cm³/mol. The SMILES string of the molecule is O=Cc1cccc(/C=C/c2ccc(OCCCCS(=O)O)cc2)c1. The van der Waals surface area contributed by atoms with Crippen molar-refractivity contribution in [2.75, 3.05) is 12.4 Å². The first-order valence-corrected chi connectivity index (χ1v) is 8.98. The Morgan fingerprint density at radius 2 is 1.67 bits per heavy atom. The molecule has 0 aliphatic heterocycles. The van der Waals surface area contributed by atoms with Gasteiger partial charge in [-0.25, -0.2) is 4.21 Å². The molecular formula is C19H20O4S. The molecule has 126 valence electrons. The van der Waals surface area contributed by atoms with Gasteiger partial charge in [-0.05, 0) is 42.2 Å². The average Bonchev–Trinajstić information content (AvgIpc) is 2.60. The number of rotatable bonds is 9. The lowest BCUT2D eigenvalue weighted by Crippen LogP contribution is -2.01. The molecule has 2 aromatic rings. The summed E-state index contributed by atoms with van der Waals surface area (Å²) in [6.07, 6.45) is 6.19. The lowest BCUT2D eigenvalue weighted by Gasteiger charge is -2.05. The third kappa shape index (κ3) is 6.48. The zero-order valence-electron chi connectivity index (χ0n) is 13.3. The second-order valence-electron chi connectivity index (χ2n) is 5.27. The van der Waals surface area contributed by atoms with Gasteiger partial charge in [-0.2, -0.15) is 0 Å². The van der Waals surface area contributed by atoms with Crippen molar-refractivity contribution in [3.8, 4) is 5.75 Å². The maximum atomic E-state index is 10.8. The van der Waals surface area contributed by atoms with Crippen LogP contribution < -0.4 is 4.74 Å². The molecule has 0 amide bonds. The van der Waals surface area contributed by atoms with Crippen LogP contribution in [0.15, 0.2) is 48.5 Å². The summed E-state index contributed by atoms with van der Waals surface area (Å²) in [5.74, 6) is 1.07. The van der Waals surface area contributed by atoms with Gasteiger partial charge in [-0.15, -0.1) is 0 Å². The molecule has 0 radical (unpaired) electrons. The first kappa shape index (κ1) is 18.1. The summed E-state index contributed by atoms with van der Waals surface area (Å²) < 4.78 is 24.8. The summed E-state index contributed by atoms with van der Waals surface area (Å²) in [5.41, 5.74) is 2.67. The lowest BCUT2D eigenvalue weighted by molar-refractivity contribution is 0.112. The van der Waals surface area contributed by atoms with E-state index in [1.165, 1.54) is 0 Å². The highest BCUT2D eigenvalue weighted by Crippen LogP contribution is 2.15. The number of hydrogen-bond donors (Lipinski definition) is 1. The number of unbranched alkanes of at least 4 members (excludes halogenated alkanes) is 1. The van der Waals surface area contributed by atoms with Gasteiger partial charge in [0.15, 0.2) is 11.1 Å². The standard InChI is InChI=1S/C19H20O4S/c20-15-18-5-3-4-17(14-18)7-6-16-8-10-19(11-9-16)23-12-1-2-13-24(21)22/h3-11,14-15H,1-2,12-13H2,(H,21,22)/b7-6+. The van der Waals surface area contributed by atoms with Crippen molar-refractivity contribution in [2.24, 2.45) is 0 Å². The molecule has 0 saturated heterocycles. The van der Waals surface area contributed by atoms with Crippen LogP contribution in [0.5, 0.6) is 5.75 Å². The topological polar surface area (TPSA) is 63.6 Å². The second kappa shape index (κ2) is 9.80. The Morgan fingerprint density at radius 3 is 2.38 bits per heavy atom. The van der Waals surface area contributed by atoms with Crippen LogP contribution in [0.1, 0.15) is 34.3 Å². The Bertz CT molecular complexity index is 708. The van der Waals surface area contributed by atoms with Crippen molar-refractivity contribution < 1.29 is 18.3 Å². The molecule has 24 heavy (non-hydrogen) atoms. The maximum Gasteiger partial charge on any atom is 0.152 e. The van der Waals surface area contributed by atoms with E-state index in [1.807, 2.05) is 54.6 Å². The molecule has 0 saturated carbocycles. The fraction of sp³-hybridized carbons (Fsp3) is 0.211. The Morgan fingerprint density at radius 1 is 0.958 bits per heavy atom. The molecule has 0 fully saturated rings. The number of aldehydes is 1. The number of benzene rings is 2. The Labute approximate surface area is 144 Å². The molecular weight excluding hydrogens is 324 g/mol. The van der Waals surface area contributed by atoms with Crippen LogP contribution in [-0.4, -0.2) is 27.4 Å². The van der Waals surface area contributed by atoms with E-state index >= 15 is 0 Å². The summed E-state index contributed by atoms with van der Waals surface area (Å²) in [5, 5.41) is 0. The lowest BCUT2D eigenvalue weighted by atomic mass is 10.1. The van der Waals surface area contributed by atoms with Crippen LogP contribution in [0.4, 0.5) is 0 Å². The molecule has 0 heterocycles. The molecule has 0 bridgehead atoms. The minimum Gasteiger partial charge on any atom is -0.494 e. The van der Waals surface area contributed by atoms with Crippen LogP contribution in [-0.2, 0) is 11.1 Å². The highest BCUT2D eigenvalue weighted by Gasteiger charge is 1.97. The van der Waals surface area contributed by atoms with Crippen LogP contribution in [0, 0.1) is 0 Å². The van der Waals surface area contributed by atoms with Gasteiger partial charge < -0.3 is 9.29 Å².